The lowest BCUT2D eigenvalue weighted by atomic mass is 9.77. The molecule has 3 aliphatic heterocycles. The number of hydrogen-bond acceptors (Lipinski definition) is 8. The summed E-state index contributed by atoms with van der Waals surface area (Å²) >= 11 is 0.984. The van der Waals surface area contributed by atoms with Gasteiger partial charge in [-0.05, 0) is 24.3 Å². The van der Waals surface area contributed by atoms with Gasteiger partial charge in [-0.25, -0.2) is 9.69 Å². The van der Waals surface area contributed by atoms with E-state index in [0.717, 1.165) is 16.7 Å². The second-order valence-corrected chi connectivity index (χ2v) is 8.91. The zero-order valence-corrected chi connectivity index (χ0v) is 18.5. The molecule has 3 amide bonds. The predicted octanol–water partition coefficient (Wildman–Crippen LogP) is 1.53. The van der Waals surface area contributed by atoms with Crippen LogP contribution >= 0.6 is 11.8 Å². The molecule has 3 atom stereocenters. The van der Waals surface area contributed by atoms with Gasteiger partial charge in [0.1, 0.15) is 16.7 Å². The van der Waals surface area contributed by atoms with Gasteiger partial charge in [-0.1, -0.05) is 30.0 Å². The molecule has 2 aromatic rings. The van der Waals surface area contributed by atoms with Crippen molar-refractivity contribution in [3.05, 3.63) is 64.2 Å². The van der Waals surface area contributed by atoms with Crippen LogP contribution in [0.5, 0.6) is 11.5 Å². The van der Waals surface area contributed by atoms with Crippen LogP contribution in [0.2, 0.25) is 0 Å². The SMILES string of the molecule is CNC(=O)c1ccc(OC)c(N2C(=O)[C@H]3[C@@H]4C(=C(N)S[C@H]3C2=O)C(=O)Oc2ccccc24)c1. The quantitative estimate of drug-likeness (QED) is 0.397. The lowest BCUT2D eigenvalue weighted by molar-refractivity contribution is -0.131. The van der Waals surface area contributed by atoms with Crippen molar-refractivity contribution in [2.75, 3.05) is 19.1 Å². The van der Waals surface area contributed by atoms with Crippen molar-refractivity contribution in [1.29, 1.82) is 0 Å². The van der Waals surface area contributed by atoms with Crippen LogP contribution in [0.25, 0.3) is 0 Å². The minimum Gasteiger partial charge on any atom is -0.495 e. The van der Waals surface area contributed by atoms with Crippen LogP contribution in [-0.4, -0.2) is 43.1 Å². The summed E-state index contributed by atoms with van der Waals surface area (Å²) in [6.07, 6.45) is 0. The smallest absolute Gasteiger partial charge is 0.342 e. The molecule has 0 radical (unpaired) electrons. The first-order chi connectivity index (χ1) is 15.9. The summed E-state index contributed by atoms with van der Waals surface area (Å²) in [6.45, 7) is 0. The summed E-state index contributed by atoms with van der Waals surface area (Å²) in [4.78, 5) is 53.2. The average molecular weight is 465 g/mol. The Morgan fingerprint density at radius 1 is 1.15 bits per heavy atom. The third kappa shape index (κ3) is 3.01. The van der Waals surface area contributed by atoms with Crippen molar-refractivity contribution < 1.29 is 28.7 Å². The van der Waals surface area contributed by atoms with Gasteiger partial charge in [0, 0.05) is 24.1 Å². The molecule has 168 valence electrons. The molecule has 0 saturated carbocycles. The highest BCUT2D eigenvalue weighted by Crippen LogP contribution is 2.55. The number of benzene rings is 2. The zero-order valence-electron chi connectivity index (χ0n) is 17.7. The first kappa shape index (κ1) is 21.1. The summed E-state index contributed by atoms with van der Waals surface area (Å²) < 4.78 is 10.8. The molecular formula is C23H19N3O6S. The van der Waals surface area contributed by atoms with E-state index in [1.54, 1.807) is 30.3 Å². The van der Waals surface area contributed by atoms with E-state index in [1.165, 1.54) is 26.3 Å². The Labute approximate surface area is 192 Å². The van der Waals surface area contributed by atoms with Crippen LogP contribution in [0.3, 0.4) is 0 Å². The lowest BCUT2D eigenvalue weighted by Gasteiger charge is -2.36. The third-order valence-electron chi connectivity index (χ3n) is 6.07. The Bertz CT molecular complexity index is 1270. The maximum Gasteiger partial charge on any atom is 0.342 e. The topological polar surface area (TPSA) is 128 Å². The van der Waals surface area contributed by atoms with Crippen LogP contribution in [0, 0.1) is 5.92 Å². The van der Waals surface area contributed by atoms with Crippen LogP contribution in [0.1, 0.15) is 21.8 Å². The molecule has 9 nitrogen and oxygen atoms in total. The fourth-order valence-electron chi connectivity index (χ4n) is 4.59. The second-order valence-electron chi connectivity index (χ2n) is 7.72. The Balaban J connectivity index is 1.65. The molecule has 2 aromatic carbocycles. The number of carbonyl (C=O) groups is 4. The molecule has 0 unspecified atom stereocenters. The van der Waals surface area contributed by atoms with Gasteiger partial charge in [0.2, 0.25) is 11.8 Å². The van der Waals surface area contributed by atoms with E-state index >= 15 is 0 Å². The molecule has 0 aromatic heterocycles. The molecule has 0 spiro atoms. The highest BCUT2D eigenvalue weighted by atomic mass is 32.2. The zero-order chi connectivity index (χ0) is 23.4. The molecule has 0 bridgehead atoms. The Morgan fingerprint density at radius 2 is 1.91 bits per heavy atom. The average Bonchev–Trinajstić information content (AvgIpc) is 3.07. The summed E-state index contributed by atoms with van der Waals surface area (Å²) in [5.74, 6) is -2.97. The normalized spacial score (nSPS) is 23.5. The van der Waals surface area contributed by atoms with Crippen LogP contribution in [-0.2, 0) is 14.4 Å². The Kier molecular flexibility index (Phi) is 4.89. The number of ether oxygens (including phenoxy) is 2. The maximum absolute atomic E-state index is 13.8. The number of rotatable bonds is 3. The van der Waals surface area contributed by atoms with Gasteiger partial charge < -0.3 is 20.5 Å². The van der Waals surface area contributed by atoms with Gasteiger partial charge >= 0.3 is 5.97 Å². The molecule has 3 N–H and O–H groups in total. The summed E-state index contributed by atoms with van der Waals surface area (Å²) in [5.41, 5.74) is 7.45. The molecule has 1 saturated heterocycles. The van der Waals surface area contributed by atoms with E-state index in [2.05, 4.69) is 5.32 Å². The number of para-hydroxylation sites is 1. The number of fused-ring (bicyclic) bond motifs is 5. The predicted molar refractivity (Wildman–Crippen MR) is 120 cm³/mol. The molecule has 5 rings (SSSR count). The van der Waals surface area contributed by atoms with Crippen molar-refractivity contribution >= 4 is 41.1 Å². The fourth-order valence-corrected chi connectivity index (χ4v) is 5.83. The van der Waals surface area contributed by atoms with Gasteiger partial charge in [0.15, 0.2) is 0 Å². The number of carbonyl (C=O) groups excluding carboxylic acids is 4. The number of nitrogens with one attached hydrogen (secondary N) is 1. The Morgan fingerprint density at radius 3 is 2.64 bits per heavy atom. The first-order valence-electron chi connectivity index (χ1n) is 10.1. The molecular weight excluding hydrogens is 446 g/mol. The fraction of sp³-hybridized carbons (Fsp3) is 0.217. The minimum atomic E-state index is -0.868. The largest absolute Gasteiger partial charge is 0.495 e. The summed E-state index contributed by atoms with van der Waals surface area (Å²) in [7, 11) is 2.90. The molecule has 3 heterocycles. The van der Waals surface area contributed by atoms with Crippen molar-refractivity contribution in [2.24, 2.45) is 11.7 Å². The number of hydrogen-bond donors (Lipinski definition) is 2. The van der Waals surface area contributed by atoms with Crippen molar-refractivity contribution in [2.45, 2.75) is 11.2 Å². The number of nitrogens with two attached hydrogens (primary N) is 1. The minimum absolute atomic E-state index is 0.162. The second kappa shape index (κ2) is 7.66. The number of amides is 3. The van der Waals surface area contributed by atoms with E-state index in [4.69, 9.17) is 15.2 Å². The summed E-state index contributed by atoms with van der Waals surface area (Å²) in [5, 5.41) is 1.85. The number of imide groups is 1. The van der Waals surface area contributed by atoms with E-state index in [-0.39, 0.29) is 33.5 Å². The number of thioether (sulfide) groups is 1. The highest BCUT2D eigenvalue weighted by molar-refractivity contribution is 8.04. The van der Waals surface area contributed by atoms with E-state index in [1.807, 2.05) is 0 Å². The number of anilines is 1. The number of nitrogens with zero attached hydrogens (tertiary/aromatic N) is 1. The molecule has 0 aliphatic carbocycles. The number of methoxy groups -OCH3 is 1. The molecule has 10 heteroatoms. The highest BCUT2D eigenvalue weighted by Gasteiger charge is 2.59. The van der Waals surface area contributed by atoms with Gasteiger partial charge in [0.25, 0.3) is 5.91 Å². The van der Waals surface area contributed by atoms with Gasteiger partial charge in [-0.3, -0.25) is 14.4 Å². The van der Waals surface area contributed by atoms with E-state index in [0.29, 0.717) is 11.3 Å². The number of esters is 1. The molecule has 33 heavy (non-hydrogen) atoms. The first-order valence-corrected chi connectivity index (χ1v) is 11.0. The van der Waals surface area contributed by atoms with Crippen LogP contribution < -0.4 is 25.4 Å². The van der Waals surface area contributed by atoms with Gasteiger partial charge in [0.05, 0.1) is 29.3 Å². The van der Waals surface area contributed by atoms with E-state index < -0.39 is 34.9 Å². The molecule has 3 aliphatic rings. The van der Waals surface area contributed by atoms with Crippen LogP contribution in [0.15, 0.2) is 53.1 Å². The van der Waals surface area contributed by atoms with Crippen LogP contribution in [0.4, 0.5) is 5.69 Å². The van der Waals surface area contributed by atoms with Crippen molar-refractivity contribution in [3.63, 3.8) is 0 Å². The van der Waals surface area contributed by atoms with Gasteiger partial charge in [-0.15, -0.1) is 0 Å². The lowest BCUT2D eigenvalue weighted by Crippen LogP contribution is -2.39. The Hall–Kier alpha value is -3.79. The van der Waals surface area contributed by atoms with E-state index in [9.17, 15) is 19.2 Å². The third-order valence-corrected chi connectivity index (χ3v) is 7.29. The van der Waals surface area contributed by atoms with Crippen molar-refractivity contribution in [3.8, 4) is 11.5 Å². The van der Waals surface area contributed by atoms with Gasteiger partial charge in [-0.2, -0.15) is 0 Å². The maximum atomic E-state index is 13.8. The summed E-state index contributed by atoms with van der Waals surface area (Å²) in [6, 6.07) is 11.4. The monoisotopic (exact) mass is 465 g/mol. The standard InChI is InChI=1S/C23H19N3O6S/c1-25-20(27)10-7-8-14(31-2)12(9-10)26-21(28)16-15-11-5-3-4-6-13(11)32-23(30)17(15)19(24)33-18(16)22(26)29/h3-9,15-16,18H,24H2,1-2H3,(H,25,27)/t15-,16+,18-/m1/s1. The van der Waals surface area contributed by atoms with Crippen molar-refractivity contribution in [1.82, 2.24) is 5.32 Å². The molecule has 1 fully saturated rings.